The Balaban J connectivity index is 2.26. The van der Waals surface area contributed by atoms with Gasteiger partial charge in [0, 0.05) is 12.7 Å². The van der Waals surface area contributed by atoms with Gasteiger partial charge in [0.1, 0.15) is 6.04 Å². The molecule has 7 heteroatoms. The average molecular weight is 255 g/mol. The average Bonchev–Trinajstić information content (AvgIpc) is 2.82. The van der Waals surface area contributed by atoms with Crippen molar-refractivity contribution in [1.29, 1.82) is 0 Å². The topological polar surface area (TPSA) is 74.2 Å². The van der Waals surface area contributed by atoms with Crippen molar-refractivity contribution in [1.82, 2.24) is 10.1 Å². The Bertz CT molecular complexity index is 545. The van der Waals surface area contributed by atoms with Crippen molar-refractivity contribution < 1.29 is 18.0 Å². The van der Waals surface area contributed by atoms with E-state index in [1.165, 1.54) is 13.2 Å². The van der Waals surface area contributed by atoms with Crippen molar-refractivity contribution in [3.05, 3.63) is 35.7 Å². The first-order valence-electron chi connectivity index (χ1n) is 5.15. The number of hydrogen-bond donors (Lipinski definition) is 1. The zero-order chi connectivity index (χ0) is 13.1. The lowest BCUT2D eigenvalue weighted by Gasteiger charge is -2.02. The van der Waals surface area contributed by atoms with Crippen LogP contribution in [0.25, 0.3) is 11.4 Å². The monoisotopic (exact) mass is 255 g/mol. The van der Waals surface area contributed by atoms with E-state index in [-0.39, 0.29) is 18.3 Å². The summed E-state index contributed by atoms with van der Waals surface area (Å²) in [5, 5.41) is 3.65. The number of methoxy groups -OCH3 is 1. The van der Waals surface area contributed by atoms with E-state index in [9.17, 15) is 8.78 Å². The molecule has 18 heavy (non-hydrogen) atoms. The van der Waals surface area contributed by atoms with Gasteiger partial charge in [-0.25, -0.2) is 8.78 Å². The summed E-state index contributed by atoms with van der Waals surface area (Å²) in [6.45, 7) is 0.222. The lowest BCUT2D eigenvalue weighted by molar-refractivity contribution is 0.166. The van der Waals surface area contributed by atoms with Crippen LogP contribution in [0, 0.1) is 11.6 Å². The van der Waals surface area contributed by atoms with E-state index in [2.05, 4.69) is 10.1 Å². The van der Waals surface area contributed by atoms with Crippen molar-refractivity contribution >= 4 is 0 Å². The van der Waals surface area contributed by atoms with Crippen LogP contribution in [0.5, 0.6) is 0 Å². The first kappa shape index (κ1) is 12.6. The van der Waals surface area contributed by atoms with E-state index in [1.807, 2.05) is 0 Å². The Labute approximate surface area is 102 Å². The highest BCUT2D eigenvalue weighted by Crippen LogP contribution is 2.20. The number of rotatable bonds is 4. The van der Waals surface area contributed by atoms with Gasteiger partial charge in [-0.2, -0.15) is 4.98 Å². The lowest BCUT2D eigenvalue weighted by Crippen LogP contribution is -2.16. The number of ether oxygens (including phenoxy) is 1. The van der Waals surface area contributed by atoms with Crippen LogP contribution in [0.1, 0.15) is 11.9 Å². The molecule has 1 aromatic heterocycles. The predicted octanol–water partition coefficient (Wildman–Crippen LogP) is 1.66. The summed E-state index contributed by atoms with van der Waals surface area (Å²) >= 11 is 0. The summed E-state index contributed by atoms with van der Waals surface area (Å²) in [5.41, 5.74) is 6.01. The molecule has 0 aliphatic rings. The first-order valence-corrected chi connectivity index (χ1v) is 5.15. The van der Waals surface area contributed by atoms with Gasteiger partial charge in [-0.05, 0) is 18.2 Å². The van der Waals surface area contributed by atoms with E-state index in [1.54, 1.807) is 0 Å². The van der Waals surface area contributed by atoms with Crippen LogP contribution < -0.4 is 5.73 Å². The highest BCUT2D eigenvalue weighted by molar-refractivity contribution is 5.54. The second kappa shape index (κ2) is 5.19. The lowest BCUT2D eigenvalue weighted by atomic mass is 10.2. The quantitative estimate of drug-likeness (QED) is 0.899. The summed E-state index contributed by atoms with van der Waals surface area (Å²) in [6, 6.07) is 2.79. The van der Waals surface area contributed by atoms with Gasteiger partial charge in [0.2, 0.25) is 11.7 Å². The highest BCUT2D eigenvalue weighted by Gasteiger charge is 2.16. The van der Waals surface area contributed by atoms with Gasteiger partial charge in [-0.3, -0.25) is 0 Å². The van der Waals surface area contributed by atoms with Crippen LogP contribution in [0.4, 0.5) is 8.78 Å². The minimum absolute atomic E-state index is 0.149. The molecule has 2 N–H and O–H groups in total. The molecule has 0 aliphatic carbocycles. The van der Waals surface area contributed by atoms with E-state index in [0.29, 0.717) is 5.56 Å². The van der Waals surface area contributed by atoms with Crippen LogP contribution in [-0.2, 0) is 4.74 Å². The molecule has 0 fully saturated rings. The Hall–Kier alpha value is -1.86. The van der Waals surface area contributed by atoms with Gasteiger partial charge >= 0.3 is 0 Å². The summed E-state index contributed by atoms with van der Waals surface area (Å²) in [6.07, 6.45) is 0. The molecule has 1 atom stereocenters. The fraction of sp³-hybridized carbons (Fsp3) is 0.273. The van der Waals surface area contributed by atoms with Crippen LogP contribution >= 0.6 is 0 Å². The highest BCUT2D eigenvalue weighted by atomic mass is 19.2. The minimum Gasteiger partial charge on any atom is -0.383 e. The van der Waals surface area contributed by atoms with Crippen LogP contribution in [0.3, 0.4) is 0 Å². The van der Waals surface area contributed by atoms with E-state index >= 15 is 0 Å². The maximum atomic E-state index is 13.0. The maximum absolute atomic E-state index is 13.0. The molecule has 0 aliphatic heterocycles. The molecule has 0 saturated carbocycles. The molecule has 0 amide bonds. The van der Waals surface area contributed by atoms with E-state index in [0.717, 1.165) is 12.1 Å². The van der Waals surface area contributed by atoms with Crippen LogP contribution in [-0.4, -0.2) is 23.9 Å². The molecule has 2 aromatic rings. The van der Waals surface area contributed by atoms with Crippen molar-refractivity contribution in [2.24, 2.45) is 5.73 Å². The largest absolute Gasteiger partial charge is 0.383 e. The second-order valence-electron chi connectivity index (χ2n) is 3.65. The molecule has 0 radical (unpaired) electrons. The molecular formula is C11H11F2N3O2. The van der Waals surface area contributed by atoms with Gasteiger partial charge in [0.25, 0.3) is 0 Å². The fourth-order valence-electron chi connectivity index (χ4n) is 1.39. The standard InChI is InChI=1S/C11H11F2N3O2/c1-17-5-9(14)11-15-10(16-18-11)6-2-3-7(12)8(13)4-6/h2-4,9H,5,14H2,1H3. The van der Waals surface area contributed by atoms with E-state index in [4.69, 9.17) is 15.0 Å². The van der Waals surface area contributed by atoms with Gasteiger partial charge in [0.15, 0.2) is 11.6 Å². The van der Waals surface area contributed by atoms with Gasteiger partial charge in [-0.15, -0.1) is 0 Å². The predicted molar refractivity (Wildman–Crippen MR) is 58.5 cm³/mol. The summed E-state index contributed by atoms with van der Waals surface area (Å²) in [4.78, 5) is 4.00. The zero-order valence-electron chi connectivity index (χ0n) is 9.56. The minimum atomic E-state index is -0.972. The first-order chi connectivity index (χ1) is 8.61. The van der Waals surface area contributed by atoms with E-state index < -0.39 is 17.7 Å². The summed E-state index contributed by atoms with van der Waals surface area (Å²) in [5.74, 6) is -1.58. The molecular weight excluding hydrogens is 244 g/mol. The Morgan fingerprint density at radius 3 is 2.83 bits per heavy atom. The molecule has 2 rings (SSSR count). The number of nitrogens with two attached hydrogens (primary N) is 1. The SMILES string of the molecule is COCC(N)c1nc(-c2ccc(F)c(F)c2)no1. The van der Waals surface area contributed by atoms with Gasteiger partial charge in [0.05, 0.1) is 6.61 Å². The number of benzene rings is 1. The Morgan fingerprint density at radius 2 is 2.17 bits per heavy atom. The Morgan fingerprint density at radius 1 is 1.39 bits per heavy atom. The van der Waals surface area contributed by atoms with Crippen molar-refractivity contribution in [3.63, 3.8) is 0 Å². The fourth-order valence-corrected chi connectivity index (χ4v) is 1.39. The number of nitrogens with zero attached hydrogens (tertiary/aromatic N) is 2. The number of aromatic nitrogens is 2. The van der Waals surface area contributed by atoms with Crippen molar-refractivity contribution in [2.45, 2.75) is 6.04 Å². The van der Waals surface area contributed by atoms with Crippen molar-refractivity contribution in [3.8, 4) is 11.4 Å². The number of hydrogen-bond acceptors (Lipinski definition) is 5. The maximum Gasteiger partial charge on any atom is 0.246 e. The van der Waals surface area contributed by atoms with Crippen molar-refractivity contribution in [2.75, 3.05) is 13.7 Å². The summed E-state index contributed by atoms with van der Waals surface area (Å²) in [7, 11) is 1.49. The molecule has 0 bridgehead atoms. The molecule has 1 aromatic carbocycles. The molecule has 1 heterocycles. The second-order valence-corrected chi connectivity index (χ2v) is 3.65. The van der Waals surface area contributed by atoms with Gasteiger partial charge < -0.3 is 15.0 Å². The smallest absolute Gasteiger partial charge is 0.246 e. The summed E-state index contributed by atoms with van der Waals surface area (Å²) < 4.78 is 35.6. The van der Waals surface area contributed by atoms with Crippen LogP contribution in [0.15, 0.2) is 22.7 Å². The molecule has 1 unspecified atom stereocenters. The molecule has 96 valence electrons. The third-order valence-electron chi connectivity index (χ3n) is 2.28. The third kappa shape index (κ3) is 2.52. The van der Waals surface area contributed by atoms with Crippen LogP contribution in [0.2, 0.25) is 0 Å². The number of halogens is 2. The Kier molecular flexibility index (Phi) is 3.63. The molecule has 0 saturated heterocycles. The molecule has 5 nitrogen and oxygen atoms in total. The zero-order valence-corrected chi connectivity index (χ0v) is 9.56. The third-order valence-corrected chi connectivity index (χ3v) is 2.28. The van der Waals surface area contributed by atoms with Gasteiger partial charge in [-0.1, -0.05) is 5.16 Å². The molecule has 0 spiro atoms. The normalized spacial score (nSPS) is 12.7.